The molecule has 0 spiro atoms. The number of likely N-dealkylation sites (N-methyl/N-ethyl adjacent to an activating group) is 1. The van der Waals surface area contributed by atoms with E-state index in [0.717, 1.165) is 0 Å². The molecule has 0 aromatic heterocycles. The molecule has 0 unspecified atom stereocenters. The average molecular weight is 261 g/mol. The summed E-state index contributed by atoms with van der Waals surface area (Å²) in [5, 5.41) is 2.49. The minimum Gasteiger partial charge on any atom is -0.450 e. The summed E-state index contributed by atoms with van der Waals surface area (Å²) < 4.78 is 9.62. The minimum atomic E-state index is -0.545. The highest BCUT2D eigenvalue weighted by Crippen LogP contribution is 1.94. The van der Waals surface area contributed by atoms with E-state index in [4.69, 9.17) is 9.47 Å². The van der Waals surface area contributed by atoms with Crippen LogP contribution >= 0.6 is 0 Å². The predicted octanol–water partition coefficient (Wildman–Crippen LogP) is 0.710. The van der Waals surface area contributed by atoms with E-state index in [1.54, 1.807) is 13.8 Å². The van der Waals surface area contributed by atoms with E-state index in [9.17, 15) is 9.59 Å². The Hall–Kier alpha value is -1.50. The van der Waals surface area contributed by atoms with Gasteiger partial charge < -0.3 is 19.7 Å². The van der Waals surface area contributed by atoms with Crippen LogP contribution in [0.25, 0.3) is 0 Å². The molecule has 2 amide bonds. The van der Waals surface area contributed by atoms with Crippen LogP contribution in [0, 0.1) is 0 Å². The highest BCUT2D eigenvalue weighted by Gasteiger charge is 2.15. The van der Waals surface area contributed by atoms with Crippen LogP contribution in [0.2, 0.25) is 0 Å². The van der Waals surface area contributed by atoms with Crippen LogP contribution in [0.15, 0.2) is 0 Å². The van der Waals surface area contributed by atoms with E-state index in [0.29, 0.717) is 26.3 Å². The maximum Gasteiger partial charge on any atom is 0.411 e. The van der Waals surface area contributed by atoms with Crippen LogP contribution in [0.5, 0.6) is 0 Å². The maximum absolute atomic E-state index is 11.6. The van der Waals surface area contributed by atoms with Gasteiger partial charge in [-0.15, -0.1) is 0 Å². The summed E-state index contributed by atoms with van der Waals surface area (Å²) in [7, 11) is 3.81. The number of alkyl carbamates (subject to hydrolysis) is 1. The lowest BCUT2D eigenvalue weighted by molar-refractivity contribution is 0.0976. The molecule has 18 heavy (non-hydrogen) atoms. The summed E-state index contributed by atoms with van der Waals surface area (Å²) in [6.45, 7) is 5.28. The Morgan fingerprint density at radius 1 is 1.06 bits per heavy atom. The minimum absolute atomic E-state index is 0.0749. The molecule has 0 radical (unpaired) electrons. The smallest absolute Gasteiger partial charge is 0.411 e. The molecule has 0 saturated heterocycles. The van der Waals surface area contributed by atoms with E-state index in [-0.39, 0.29) is 6.67 Å². The molecule has 106 valence electrons. The van der Waals surface area contributed by atoms with Crippen LogP contribution < -0.4 is 5.32 Å². The van der Waals surface area contributed by atoms with E-state index >= 15 is 0 Å². The third-order valence-corrected chi connectivity index (χ3v) is 2.03. The Kier molecular flexibility index (Phi) is 8.73. The number of hydrogen-bond acceptors (Lipinski definition) is 5. The number of carbonyl (C=O) groups excluding carboxylic acids is 2. The first kappa shape index (κ1) is 16.5. The fourth-order valence-electron chi connectivity index (χ4n) is 1.11. The average Bonchev–Trinajstić information content (AvgIpc) is 2.29. The molecular weight excluding hydrogens is 238 g/mol. The largest absolute Gasteiger partial charge is 0.450 e. The van der Waals surface area contributed by atoms with Crippen LogP contribution in [0.1, 0.15) is 13.8 Å². The number of carbonyl (C=O) groups is 2. The van der Waals surface area contributed by atoms with Crippen LogP contribution in [-0.4, -0.2) is 69.1 Å². The molecule has 0 fully saturated rings. The van der Waals surface area contributed by atoms with Gasteiger partial charge in [0.25, 0.3) is 0 Å². The highest BCUT2D eigenvalue weighted by atomic mass is 16.6. The Labute approximate surface area is 108 Å². The van der Waals surface area contributed by atoms with Crippen molar-refractivity contribution in [3.63, 3.8) is 0 Å². The van der Waals surface area contributed by atoms with Crippen molar-refractivity contribution in [3.8, 4) is 0 Å². The third kappa shape index (κ3) is 7.72. The van der Waals surface area contributed by atoms with Gasteiger partial charge in [0, 0.05) is 13.1 Å². The molecule has 0 saturated carbocycles. The molecule has 0 aliphatic rings. The second-order valence-electron chi connectivity index (χ2n) is 3.82. The van der Waals surface area contributed by atoms with Crippen molar-refractivity contribution >= 4 is 12.2 Å². The van der Waals surface area contributed by atoms with Crippen molar-refractivity contribution in [2.24, 2.45) is 0 Å². The first-order valence-corrected chi connectivity index (χ1v) is 5.98. The number of nitrogens with one attached hydrogen (secondary N) is 1. The topological polar surface area (TPSA) is 71.1 Å². The Balaban J connectivity index is 4.19. The zero-order valence-electron chi connectivity index (χ0n) is 11.6. The van der Waals surface area contributed by atoms with E-state index < -0.39 is 12.2 Å². The SMILES string of the molecule is CCOC(=O)NCN(CCN(C)C)C(=O)OCC. The van der Waals surface area contributed by atoms with Gasteiger partial charge in [0.15, 0.2) is 0 Å². The van der Waals surface area contributed by atoms with Gasteiger partial charge in [-0.05, 0) is 27.9 Å². The zero-order chi connectivity index (χ0) is 14.0. The standard InChI is InChI=1S/C11H23N3O4/c1-5-17-10(15)12-9-14(8-7-13(3)4)11(16)18-6-2/h5-9H2,1-4H3,(H,12,15). The molecule has 1 N–H and O–H groups in total. The molecule has 0 bridgehead atoms. The molecule has 0 atom stereocenters. The van der Waals surface area contributed by atoms with Crippen LogP contribution in [0.3, 0.4) is 0 Å². The van der Waals surface area contributed by atoms with Gasteiger partial charge in [-0.2, -0.15) is 0 Å². The van der Waals surface area contributed by atoms with Crippen LogP contribution in [-0.2, 0) is 9.47 Å². The number of nitrogens with zero attached hydrogens (tertiary/aromatic N) is 2. The quantitative estimate of drug-likeness (QED) is 0.683. The molecule has 0 rings (SSSR count). The maximum atomic E-state index is 11.6. The molecule has 0 heterocycles. The molecule has 7 nitrogen and oxygen atoms in total. The van der Waals surface area contributed by atoms with Crippen molar-refractivity contribution in [3.05, 3.63) is 0 Å². The number of ether oxygens (including phenoxy) is 2. The molecule has 7 heteroatoms. The molecule has 0 aromatic carbocycles. The van der Waals surface area contributed by atoms with Crippen LogP contribution in [0.4, 0.5) is 9.59 Å². The predicted molar refractivity (Wildman–Crippen MR) is 67.3 cm³/mol. The molecule has 0 aliphatic heterocycles. The Morgan fingerprint density at radius 2 is 1.67 bits per heavy atom. The van der Waals surface area contributed by atoms with Gasteiger partial charge in [-0.25, -0.2) is 9.59 Å². The lowest BCUT2D eigenvalue weighted by Gasteiger charge is -2.23. The summed E-state index contributed by atoms with van der Waals surface area (Å²) in [5.74, 6) is 0. The Bertz CT molecular complexity index is 259. The van der Waals surface area contributed by atoms with Crippen molar-refractivity contribution in [2.45, 2.75) is 13.8 Å². The molecule has 0 aromatic rings. The summed E-state index contributed by atoms with van der Waals surface area (Å²) >= 11 is 0. The lowest BCUT2D eigenvalue weighted by Crippen LogP contribution is -2.44. The number of hydrogen-bond donors (Lipinski definition) is 1. The summed E-state index contributed by atoms with van der Waals surface area (Å²) in [4.78, 5) is 26.1. The van der Waals surface area contributed by atoms with Gasteiger partial charge in [-0.1, -0.05) is 0 Å². The van der Waals surface area contributed by atoms with Gasteiger partial charge in [-0.3, -0.25) is 4.90 Å². The van der Waals surface area contributed by atoms with Crippen molar-refractivity contribution in [2.75, 3.05) is 47.1 Å². The second-order valence-corrected chi connectivity index (χ2v) is 3.82. The van der Waals surface area contributed by atoms with E-state index in [1.165, 1.54) is 4.90 Å². The first-order chi connectivity index (χ1) is 8.51. The van der Waals surface area contributed by atoms with Gasteiger partial charge in [0.2, 0.25) is 0 Å². The van der Waals surface area contributed by atoms with Gasteiger partial charge in [0.05, 0.1) is 19.9 Å². The van der Waals surface area contributed by atoms with Gasteiger partial charge in [0.1, 0.15) is 0 Å². The summed E-state index contributed by atoms with van der Waals surface area (Å²) in [5.41, 5.74) is 0. The number of amides is 2. The van der Waals surface area contributed by atoms with Gasteiger partial charge >= 0.3 is 12.2 Å². The molecule has 0 aliphatic carbocycles. The first-order valence-electron chi connectivity index (χ1n) is 5.98. The Morgan fingerprint density at radius 3 is 2.17 bits per heavy atom. The fraction of sp³-hybridized carbons (Fsp3) is 0.818. The molecular formula is C11H23N3O4. The van der Waals surface area contributed by atoms with E-state index in [1.807, 2.05) is 19.0 Å². The van der Waals surface area contributed by atoms with Crippen molar-refractivity contribution in [1.82, 2.24) is 15.1 Å². The lowest BCUT2D eigenvalue weighted by atomic mass is 10.5. The normalized spacial score (nSPS) is 10.1. The fourth-order valence-corrected chi connectivity index (χ4v) is 1.11. The summed E-state index contributed by atoms with van der Waals surface area (Å²) in [6.07, 6.45) is -0.993. The van der Waals surface area contributed by atoms with Crippen molar-refractivity contribution < 1.29 is 19.1 Å². The summed E-state index contributed by atoms with van der Waals surface area (Å²) in [6, 6.07) is 0. The highest BCUT2D eigenvalue weighted by molar-refractivity contribution is 5.70. The third-order valence-electron chi connectivity index (χ3n) is 2.03. The zero-order valence-corrected chi connectivity index (χ0v) is 11.6. The van der Waals surface area contributed by atoms with E-state index in [2.05, 4.69) is 5.32 Å². The van der Waals surface area contributed by atoms with Crippen molar-refractivity contribution in [1.29, 1.82) is 0 Å². The monoisotopic (exact) mass is 261 g/mol. The number of rotatable bonds is 7. The second kappa shape index (κ2) is 9.52.